The predicted octanol–water partition coefficient (Wildman–Crippen LogP) is 3.22. The molecule has 2 N–H and O–H groups in total. The van der Waals surface area contributed by atoms with Crippen LogP contribution >= 0.6 is 11.6 Å². The molecule has 0 radical (unpaired) electrons. The zero-order valence-electron chi connectivity index (χ0n) is 10.4. The van der Waals surface area contributed by atoms with Gasteiger partial charge in [0, 0.05) is 25.0 Å². The van der Waals surface area contributed by atoms with Gasteiger partial charge in [-0.05, 0) is 25.8 Å². The van der Waals surface area contributed by atoms with Gasteiger partial charge < -0.3 is 10.7 Å². The van der Waals surface area contributed by atoms with E-state index >= 15 is 0 Å². The molecule has 0 bridgehead atoms. The van der Waals surface area contributed by atoms with Crippen molar-refractivity contribution in [3.8, 4) is 0 Å². The summed E-state index contributed by atoms with van der Waals surface area (Å²) >= 11 is 6.09. The third kappa shape index (κ3) is 3.05. The third-order valence-electron chi connectivity index (χ3n) is 2.28. The molecule has 0 saturated carbocycles. The first-order valence-corrected chi connectivity index (χ1v) is 5.74. The van der Waals surface area contributed by atoms with Gasteiger partial charge in [-0.3, -0.25) is 4.99 Å². The Balaban J connectivity index is 3.39. The molecule has 0 aliphatic rings. The molecule has 94 valence electrons. The fourth-order valence-electron chi connectivity index (χ4n) is 1.40. The van der Waals surface area contributed by atoms with Crippen molar-refractivity contribution < 1.29 is 0 Å². The summed E-state index contributed by atoms with van der Waals surface area (Å²) in [6.07, 6.45) is 4.67. The molecule has 0 aliphatic heterocycles. The summed E-state index contributed by atoms with van der Waals surface area (Å²) in [7, 11) is 1.77. The minimum atomic E-state index is 0.507. The molecular weight excluding hydrogens is 248 g/mol. The average Bonchev–Trinajstić information content (AvgIpc) is 2.43. The van der Waals surface area contributed by atoms with Gasteiger partial charge in [0.15, 0.2) is 0 Å². The van der Waals surface area contributed by atoms with Crippen molar-refractivity contribution in [3.63, 3.8) is 0 Å². The van der Waals surface area contributed by atoms with Crippen molar-refractivity contribution in [1.29, 1.82) is 5.41 Å². The summed E-state index contributed by atoms with van der Waals surface area (Å²) in [5.74, 6) is 0. The molecule has 0 atom stereocenters. The lowest BCUT2D eigenvalue weighted by Crippen LogP contribution is -2.00. The third-order valence-corrected chi connectivity index (χ3v) is 2.67. The van der Waals surface area contributed by atoms with E-state index in [4.69, 9.17) is 17.0 Å². The highest BCUT2D eigenvalue weighted by Crippen LogP contribution is 2.28. The molecule has 0 unspecified atom stereocenters. The zero-order valence-corrected chi connectivity index (χ0v) is 11.1. The molecule has 4 nitrogen and oxygen atoms in total. The standard InChI is InChI=1S/C13H15ClN4/c1-4-10(14)13-12(17-3)6-5-11(18-13)9(7-15)8-16-2/h4-8,15-16H,3H2,1-2H3/b9-8+,10-4+,15-7?. The maximum Gasteiger partial charge on any atom is 0.108 e. The molecule has 1 aromatic heterocycles. The van der Waals surface area contributed by atoms with Gasteiger partial charge in [0.2, 0.25) is 0 Å². The molecule has 1 heterocycles. The normalized spacial score (nSPS) is 12.2. The van der Waals surface area contributed by atoms with E-state index in [1.54, 1.807) is 31.5 Å². The number of hydrogen-bond donors (Lipinski definition) is 2. The van der Waals surface area contributed by atoms with Crippen molar-refractivity contribution in [2.24, 2.45) is 4.99 Å². The number of pyridine rings is 1. The lowest BCUT2D eigenvalue weighted by atomic mass is 10.1. The number of allylic oxidation sites excluding steroid dienone is 2. The molecule has 0 aromatic carbocycles. The minimum absolute atomic E-state index is 0.507. The highest BCUT2D eigenvalue weighted by atomic mass is 35.5. The van der Waals surface area contributed by atoms with Crippen LogP contribution < -0.4 is 5.32 Å². The molecule has 1 rings (SSSR count). The first-order chi connectivity index (χ1) is 8.67. The van der Waals surface area contributed by atoms with Gasteiger partial charge >= 0.3 is 0 Å². The number of aromatic nitrogens is 1. The van der Waals surface area contributed by atoms with E-state index in [0.717, 1.165) is 0 Å². The number of nitrogens with zero attached hydrogens (tertiary/aromatic N) is 2. The number of hydrogen-bond acceptors (Lipinski definition) is 4. The van der Waals surface area contributed by atoms with Gasteiger partial charge in [-0.1, -0.05) is 17.7 Å². The highest BCUT2D eigenvalue weighted by Gasteiger charge is 2.09. The van der Waals surface area contributed by atoms with E-state index < -0.39 is 0 Å². The van der Waals surface area contributed by atoms with E-state index in [0.29, 0.717) is 27.7 Å². The van der Waals surface area contributed by atoms with E-state index in [1.807, 2.05) is 6.92 Å². The fraction of sp³-hybridized carbons (Fsp3) is 0.154. The SMILES string of the molecule is C=Nc1ccc(/C(C=N)=C/NC)nc1/C(Cl)=C\C. The topological polar surface area (TPSA) is 61.1 Å². The lowest BCUT2D eigenvalue weighted by Gasteiger charge is -2.07. The van der Waals surface area contributed by atoms with E-state index in [1.165, 1.54) is 6.21 Å². The summed E-state index contributed by atoms with van der Waals surface area (Å²) in [5.41, 5.74) is 2.50. The predicted molar refractivity (Wildman–Crippen MR) is 78.8 cm³/mol. The van der Waals surface area contributed by atoms with Crippen LogP contribution in [-0.4, -0.2) is 25.0 Å². The highest BCUT2D eigenvalue weighted by molar-refractivity contribution is 6.48. The Hall–Kier alpha value is -1.94. The first kappa shape index (κ1) is 14.1. The molecule has 0 amide bonds. The van der Waals surface area contributed by atoms with Crippen LogP contribution in [0.25, 0.3) is 10.6 Å². The summed E-state index contributed by atoms with van der Waals surface area (Å²) < 4.78 is 0. The van der Waals surface area contributed by atoms with E-state index in [2.05, 4.69) is 22.0 Å². The van der Waals surface area contributed by atoms with Gasteiger partial charge in [-0.2, -0.15) is 0 Å². The van der Waals surface area contributed by atoms with Crippen LogP contribution in [0.2, 0.25) is 0 Å². The number of nitrogens with one attached hydrogen (secondary N) is 2. The molecule has 18 heavy (non-hydrogen) atoms. The smallest absolute Gasteiger partial charge is 0.108 e. The second kappa shape index (κ2) is 6.71. The Labute approximate surface area is 112 Å². The summed E-state index contributed by atoms with van der Waals surface area (Å²) in [4.78, 5) is 8.29. The minimum Gasteiger partial charge on any atom is -0.393 e. The van der Waals surface area contributed by atoms with E-state index in [-0.39, 0.29) is 0 Å². The monoisotopic (exact) mass is 262 g/mol. The van der Waals surface area contributed by atoms with Crippen LogP contribution in [0.3, 0.4) is 0 Å². The largest absolute Gasteiger partial charge is 0.393 e. The van der Waals surface area contributed by atoms with Crippen molar-refractivity contribution in [2.45, 2.75) is 6.92 Å². The van der Waals surface area contributed by atoms with Crippen LogP contribution in [0, 0.1) is 5.41 Å². The van der Waals surface area contributed by atoms with Crippen LogP contribution in [0.4, 0.5) is 5.69 Å². The summed E-state index contributed by atoms with van der Waals surface area (Å²) in [5, 5.41) is 10.7. The van der Waals surface area contributed by atoms with Crippen molar-refractivity contribution >= 4 is 40.8 Å². The summed E-state index contributed by atoms with van der Waals surface area (Å²) in [6, 6.07) is 3.56. The first-order valence-electron chi connectivity index (χ1n) is 5.36. The van der Waals surface area contributed by atoms with Crippen LogP contribution in [-0.2, 0) is 0 Å². The zero-order chi connectivity index (χ0) is 13.5. The van der Waals surface area contributed by atoms with Gasteiger partial charge in [-0.25, -0.2) is 4.98 Å². The fourth-order valence-corrected chi connectivity index (χ4v) is 1.54. The maximum absolute atomic E-state index is 7.37. The van der Waals surface area contributed by atoms with Gasteiger partial charge in [0.05, 0.1) is 16.4 Å². The Morgan fingerprint density at radius 1 is 1.56 bits per heavy atom. The molecule has 0 spiro atoms. The van der Waals surface area contributed by atoms with Crippen LogP contribution in [0.15, 0.2) is 29.4 Å². The maximum atomic E-state index is 7.37. The Morgan fingerprint density at radius 3 is 2.78 bits per heavy atom. The second-order valence-electron chi connectivity index (χ2n) is 3.39. The second-order valence-corrected chi connectivity index (χ2v) is 3.80. The van der Waals surface area contributed by atoms with Gasteiger partial charge in [0.1, 0.15) is 5.69 Å². The molecule has 0 fully saturated rings. The Bertz CT molecular complexity index is 518. The van der Waals surface area contributed by atoms with Gasteiger partial charge in [-0.15, -0.1) is 0 Å². The molecular formula is C13H15ClN4. The molecule has 5 heteroatoms. The van der Waals surface area contributed by atoms with E-state index in [9.17, 15) is 0 Å². The van der Waals surface area contributed by atoms with Crippen LogP contribution in [0.5, 0.6) is 0 Å². The molecule has 1 aromatic rings. The van der Waals surface area contributed by atoms with Crippen molar-refractivity contribution in [3.05, 3.63) is 35.8 Å². The number of halogens is 1. The number of rotatable bonds is 5. The van der Waals surface area contributed by atoms with Gasteiger partial charge in [0.25, 0.3) is 0 Å². The average molecular weight is 263 g/mol. The summed E-state index contributed by atoms with van der Waals surface area (Å²) in [6.45, 7) is 5.32. The van der Waals surface area contributed by atoms with Crippen LogP contribution in [0.1, 0.15) is 18.3 Å². The lowest BCUT2D eigenvalue weighted by molar-refractivity contribution is 1.10. The molecule has 0 aliphatic carbocycles. The van der Waals surface area contributed by atoms with Crippen molar-refractivity contribution in [2.75, 3.05) is 7.05 Å². The quantitative estimate of drug-likeness (QED) is 0.801. The molecule has 0 saturated heterocycles. The number of aliphatic imine (C=N–C) groups is 1. The Morgan fingerprint density at radius 2 is 2.28 bits per heavy atom. The Kier molecular flexibility index (Phi) is 5.27. The van der Waals surface area contributed by atoms with Crippen molar-refractivity contribution in [1.82, 2.24) is 10.3 Å².